The minimum Gasteiger partial charge on any atom is -0.349 e. The van der Waals surface area contributed by atoms with Crippen molar-refractivity contribution < 1.29 is 18.4 Å². The van der Waals surface area contributed by atoms with E-state index < -0.39 is 17.5 Å². The maximum Gasteiger partial charge on any atom is 0.256 e. The van der Waals surface area contributed by atoms with Crippen molar-refractivity contribution >= 4 is 11.8 Å². The van der Waals surface area contributed by atoms with Gasteiger partial charge in [0, 0.05) is 39.2 Å². The predicted molar refractivity (Wildman–Crippen MR) is 73.7 cm³/mol. The molecule has 1 aromatic rings. The molecular weight excluding hydrogens is 278 g/mol. The monoisotopic (exact) mass is 296 g/mol. The Kier molecular flexibility index (Phi) is 4.55. The van der Waals surface area contributed by atoms with Crippen LogP contribution in [0.1, 0.15) is 23.2 Å². The zero-order valence-electron chi connectivity index (χ0n) is 12.1. The van der Waals surface area contributed by atoms with E-state index in [2.05, 4.69) is 0 Å². The van der Waals surface area contributed by atoms with Crippen molar-refractivity contribution in [1.82, 2.24) is 9.80 Å². The number of amides is 2. The van der Waals surface area contributed by atoms with E-state index in [9.17, 15) is 18.4 Å². The highest BCUT2D eigenvalue weighted by Crippen LogP contribution is 2.21. The second kappa shape index (κ2) is 6.20. The average molecular weight is 296 g/mol. The molecule has 1 saturated heterocycles. The van der Waals surface area contributed by atoms with Gasteiger partial charge < -0.3 is 9.80 Å². The fourth-order valence-electron chi connectivity index (χ4n) is 2.53. The van der Waals surface area contributed by atoms with Crippen LogP contribution in [0, 0.1) is 17.6 Å². The molecule has 0 unspecified atom stereocenters. The standard InChI is InChI=1S/C15H18F2N2O2/c1-18(2)14(20)10-5-7-19(8-6-10)15(21)12-4-3-11(16)9-13(12)17/h3-4,9-10H,5-8H2,1-2H3. The first-order valence-electron chi connectivity index (χ1n) is 6.85. The average Bonchev–Trinajstić information content (AvgIpc) is 2.46. The summed E-state index contributed by atoms with van der Waals surface area (Å²) in [6.07, 6.45) is 1.12. The number of carbonyl (C=O) groups excluding carboxylic acids is 2. The summed E-state index contributed by atoms with van der Waals surface area (Å²) in [5.41, 5.74) is -0.131. The van der Waals surface area contributed by atoms with E-state index in [1.165, 1.54) is 4.90 Å². The molecule has 2 rings (SSSR count). The lowest BCUT2D eigenvalue weighted by molar-refractivity contribution is -0.134. The molecule has 0 N–H and O–H groups in total. The third kappa shape index (κ3) is 3.37. The van der Waals surface area contributed by atoms with Gasteiger partial charge in [-0.1, -0.05) is 0 Å². The van der Waals surface area contributed by atoms with E-state index in [1.54, 1.807) is 19.0 Å². The van der Waals surface area contributed by atoms with Gasteiger partial charge in [0.15, 0.2) is 0 Å². The Morgan fingerprint density at radius 1 is 1.19 bits per heavy atom. The van der Waals surface area contributed by atoms with Crippen LogP contribution in [0.5, 0.6) is 0 Å². The van der Waals surface area contributed by atoms with Crippen LogP contribution in [0.4, 0.5) is 8.78 Å². The van der Waals surface area contributed by atoms with Gasteiger partial charge in [-0.25, -0.2) is 8.78 Å². The Balaban J connectivity index is 2.02. The lowest BCUT2D eigenvalue weighted by Crippen LogP contribution is -2.43. The van der Waals surface area contributed by atoms with Gasteiger partial charge in [0.1, 0.15) is 11.6 Å². The smallest absolute Gasteiger partial charge is 0.256 e. The molecular formula is C15H18F2N2O2. The van der Waals surface area contributed by atoms with Crippen LogP contribution in [-0.4, -0.2) is 48.8 Å². The minimum atomic E-state index is -0.855. The topological polar surface area (TPSA) is 40.6 Å². The molecule has 0 aromatic heterocycles. The zero-order valence-corrected chi connectivity index (χ0v) is 12.1. The van der Waals surface area contributed by atoms with Crippen molar-refractivity contribution in [2.45, 2.75) is 12.8 Å². The summed E-state index contributed by atoms with van der Waals surface area (Å²) in [7, 11) is 3.40. The van der Waals surface area contributed by atoms with Gasteiger partial charge in [-0.05, 0) is 25.0 Å². The number of benzene rings is 1. The third-order valence-corrected chi connectivity index (χ3v) is 3.73. The number of nitrogens with zero attached hydrogens (tertiary/aromatic N) is 2. The number of rotatable bonds is 2. The minimum absolute atomic E-state index is 0.0510. The van der Waals surface area contributed by atoms with Gasteiger partial charge in [0.2, 0.25) is 5.91 Å². The van der Waals surface area contributed by atoms with Crippen molar-refractivity contribution in [3.05, 3.63) is 35.4 Å². The predicted octanol–water partition coefficient (Wildman–Crippen LogP) is 1.91. The number of hydrogen-bond donors (Lipinski definition) is 0. The van der Waals surface area contributed by atoms with Crippen molar-refractivity contribution in [2.75, 3.05) is 27.2 Å². The Labute approximate surface area is 122 Å². The Morgan fingerprint density at radius 2 is 1.81 bits per heavy atom. The SMILES string of the molecule is CN(C)C(=O)C1CCN(C(=O)c2ccc(F)cc2F)CC1. The summed E-state index contributed by atoms with van der Waals surface area (Å²) in [6.45, 7) is 0.805. The van der Waals surface area contributed by atoms with Crippen LogP contribution in [0.15, 0.2) is 18.2 Å². The van der Waals surface area contributed by atoms with E-state index in [4.69, 9.17) is 0 Å². The lowest BCUT2D eigenvalue weighted by atomic mass is 9.95. The first-order valence-corrected chi connectivity index (χ1v) is 6.85. The maximum absolute atomic E-state index is 13.6. The highest BCUT2D eigenvalue weighted by atomic mass is 19.1. The molecule has 1 heterocycles. The van der Waals surface area contributed by atoms with Gasteiger partial charge in [-0.3, -0.25) is 9.59 Å². The van der Waals surface area contributed by atoms with E-state index >= 15 is 0 Å². The first-order chi connectivity index (χ1) is 9.90. The molecule has 0 radical (unpaired) electrons. The highest BCUT2D eigenvalue weighted by Gasteiger charge is 2.29. The molecule has 0 atom stereocenters. The van der Waals surface area contributed by atoms with Gasteiger partial charge in [0.25, 0.3) is 5.91 Å². The van der Waals surface area contributed by atoms with Crippen molar-refractivity contribution in [2.24, 2.45) is 5.92 Å². The van der Waals surface area contributed by atoms with Gasteiger partial charge in [-0.2, -0.15) is 0 Å². The summed E-state index contributed by atoms with van der Waals surface area (Å²) >= 11 is 0. The molecule has 2 amide bonds. The van der Waals surface area contributed by atoms with Crippen LogP contribution < -0.4 is 0 Å². The molecule has 4 nitrogen and oxygen atoms in total. The summed E-state index contributed by atoms with van der Waals surface area (Å²) in [4.78, 5) is 27.1. The number of likely N-dealkylation sites (tertiary alicyclic amines) is 1. The Bertz CT molecular complexity index is 553. The summed E-state index contributed by atoms with van der Waals surface area (Å²) in [5, 5.41) is 0. The van der Waals surface area contributed by atoms with E-state index in [1.807, 2.05) is 0 Å². The molecule has 0 bridgehead atoms. The second-order valence-electron chi connectivity index (χ2n) is 5.42. The van der Waals surface area contributed by atoms with Gasteiger partial charge in [0.05, 0.1) is 5.56 Å². The van der Waals surface area contributed by atoms with Crippen molar-refractivity contribution in [3.8, 4) is 0 Å². The quantitative estimate of drug-likeness (QED) is 0.836. The number of carbonyl (C=O) groups is 2. The van der Waals surface area contributed by atoms with Crippen molar-refractivity contribution in [1.29, 1.82) is 0 Å². The van der Waals surface area contributed by atoms with Crippen molar-refractivity contribution in [3.63, 3.8) is 0 Å². The lowest BCUT2D eigenvalue weighted by Gasteiger charge is -2.32. The van der Waals surface area contributed by atoms with E-state index in [0.717, 1.165) is 12.1 Å². The van der Waals surface area contributed by atoms with Crippen LogP contribution >= 0.6 is 0 Å². The fourth-order valence-corrected chi connectivity index (χ4v) is 2.53. The summed E-state index contributed by atoms with van der Waals surface area (Å²) in [5.74, 6) is -2.06. The summed E-state index contributed by atoms with van der Waals surface area (Å²) < 4.78 is 26.5. The number of hydrogen-bond acceptors (Lipinski definition) is 2. The molecule has 1 aliphatic heterocycles. The van der Waals surface area contributed by atoms with Crippen LogP contribution in [-0.2, 0) is 4.79 Å². The third-order valence-electron chi connectivity index (χ3n) is 3.73. The summed E-state index contributed by atoms with van der Waals surface area (Å²) in [6, 6.07) is 2.93. The largest absolute Gasteiger partial charge is 0.349 e. The van der Waals surface area contributed by atoms with Gasteiger partial charge in [-0.15, -0.1) is 0 Å². The number of halogens is 2. The molecule has 6 heteroatoms. The molecule has 1 fully saturated rings. The first kappa shape index (κ1) is 15.4. The fraction of sp³-hybridized carbons (Fsp3) is 0.467. The van der Waals surface area contributed by atoms with Gasteiger partial charge >= 0.3 is 0 Å². The van der Waals surface area contributed by atoms with Crippen LogP contribution in [0.3, 0.4) is 0 Å². The molecule has 114 valence electrons. The molecule has 0 aliphatic carbocycles. The molecule has 1 aromatic carbocycles. The van der Waals surface area contributed by atoms with Crippen LogP contribution in [0.25, 0.3) is 0 Å². The van der Waals surface area contributed by atoms with E-state index in [-0.39, 0.29) is 17.4 Å². The van der Waals surface area contributed by atoms with E-state index in [0.29, 0.717) is 32.0 Å². The Morgan fingerprint density at radius 3 is 2.33 bits per heavy atom. The molecule has 0 spiro atoms. The molecule has 21 heavy (non-hydrogen) atoms. The Hall–Kier alpha value is -1.98. The van der Waals surface area contributed by atoms with Crippen LogP contribution in [0.2, 0.25) is 0 Å². The zero-order chi connectivity index (χ0) is 15.6. The normalized spacial score (nSPS) is 15.9. The number of piperidine rings is 1. The highest BCUT2D eigenvalue weighted by molar-refractivity contribution is 5.94. The maximum atomic E-state index is 13.6. The second-order valence-corrected chi connectivity index (χ2v) is 5.42. The molecule has 1 aliphatic rings. The molecule has 0 saturated carbocycles.